The van der Waals surface area contributed by atoms with Crippen LogP contribution in [0.25, 0.3) is 0 Å². The molecule has 7 nitrogen and oxygen atoms in total. The Morgan fingerprint density at radius 3 is 2.87 bits per heavy atom. The standard InChI is InChI=1S/C24H33N3O4/c1-17-6-4-7-18(16-17)10-13-24(31-22(28)20(26)8-2-3-14-25)12-5-9-21-19(24)11-15-27(21)23(29)30/h4,6-7,16,19-21H,2-3,5,8-9,11-12,14-15,25-26H2,1H3,(H,29,30)/t19?,20-,21?,24?/m0/s1. The summed E-state index contributed by atoms with van der Waals surface area (Å²) < 4.78 is 6.08. The number of esters is 1. The first-order valence-corrected chi connectivity index (χ1v) is 11.1. The maximum atomic E-state index is 12.9. The van der Waals surface area contributed by atoms with Crippen molar-refractivity contribution < 1.29 is 19.4 Å². The maximum absolute atomic E-state index is 12.9. The van der Waals surface area contributed by atoms with Crippen LogP contribution >= 0.6 is 0 Å². The van der Waals surface area contributed by atoms with Crippen molar-refractivity contribution in [1.29, 1.82) is 0 Å². The number of ether oxygens (including phenoxy) is 1. The Labute approximate surface area is 184 Å². The predicted octanol–water partition coefficient (Wildman–Crippen LogP) is 2.64. The topological polar surface area (TPSA) is 119 Å². The number of carbonyl (C=O) groups is 2. The lowest BCUT2D eigenvalue weighted by molar-refractivity contribution is -0.164. The number of amides is 1. The summed E-state index contributed by atoms with van der Waals surface area (Å²) in [5, 5.41) is 9.60. The lowest BCUT2D eigenvalue weighted by atomic mass is 9.72. The van der Waals surface area contributed by atoms with Crippen molar-refractivity contribution in [3.8, 4) is 11.8 Å². The largest absolute Gasteiger partial charge is 0.465 e. The molecule has 0 bridgehead atoms. The summed E-state index contributed by atoms with van der Waals surface area (Å²) in [6, 6.07) is 6.92. The molecular weight excluding hydrogens is 394 g/mol. The number of carbonyl (C=O) groups excluding carboxylic acids is 1. The highest BCUT2D eigenvalue weighted by Gasteiger charge is 2.53. The van der Waals surface area contributed by atoms with Gasteiger partial charge in [-0.05, 0) is 75.6 Å². The van der Waals surface area contributed by atoms with Gasteiger partial charge in [-0.1, -0.05) is 24.5 Å². The predicted molar refractivity (Wildman–Crippen MR) is 118 cm³/mol. The molecule has 1 aromatic carbocycles. The van der Waals surface area contributed by atoms with E-state index in [1.807, 2.05) is 31.2 Å². The summed E-state index contributed by atoms with van der Waals surface area (Å²) in [6.45, 7) is 2.99. The molecule has 2 aliphatic rings. The number of carboxylic acid groups (broad SMARTS) is 1. The van der Waals surface area contributed by atoms with Gasteiger partial charge >= 0.3 is 12.1 Å². The third-order valence-electron chi connectivity index (χ3n) is 6.43. The summed E-state index contributed by atoms with van der Waals surface area (Å²) in [7, 11) is 0. The van der Waals surface area contributed by atoms with Crippen molar-refractivity contribution in [3.05, 3.63) is 35.4 Å². The van der Waals surface area contributed by atoms with E-state index in [0.29, 0.717) is 32.4 Å². The van der Waals surface area contributed by atoms with Crippen molar-refractivity contribution in [3.63, 3.8) is 0 Å². The van der Waals surface area contributed by atoms with Gasteiger partial charge in [-0.3, -0.25) is 4.79 Å². The molecule has 1 amide bonds. The number of aryl methyl sites for hydroxylation is 1. The number of rotatable bonds is 6. The van der Waals surface area contributed by atoms with E-state index in [9.17, 15) is 14.7 Å². The van der Waals surface area contributed by atoms with E-state index in [-0.39, 0.29) is 12.0 Å². The Morgan fingerprint density at radius 2 is 2.16 bits per heavy atom. The number of fused-ring (bicyclic) bond motifs is 1. The zero-order valence-corrected chi connectivity index (χ0v) is 18.2. The van der Waals surface area contributed by atoms with Gasteiger partial charge in [-0.15, -0.1) is 0 Å². The third-order valence-corrected chi connectivity index (χ3v) is 6.43. The SMILES string of the molecule is Cc1cccc(C#CC2(OC(=O)[C@@H](N)CCCCN)CCCC3C2CCN3C(=O)O)c1. The van der Waals surface area contributed by atoms with Gasteiger partial charge in [0, 0.05) is 24.1 Å². The molecule has 5 N–H and O–H groups in total. The van der Waals surface area contributed by atoms with E-state index in [1.54, 1.807) is 0 Å². The molecule has 168 valence electrons. The van der Waals surface area contributed by atoms with Crippen LogP contribution in [0.4, 0.5) is 4.79 Å². The molecule has 1 aromatic rings. The molecule has 31 heavy (non-hydrogen) atoms. The number of nitrogens with zero attached hydrogens (tertiary/aromatic N) is 1. The highest BCUT2D eigenvalue weighted by molar-refractivity contribution is 5.76. The molecule has 2 fully saturated rings. The second-order valence-electron chi connectivity index (χ2n) is 8.65. The van der Waals surface area contributed by atoms with Crippen molar-refractivity contribution in [2.75, 3.05) is 13.1 Å². The molecule has 1 aliphatic heterocycles. The molecule has 0 spiro atoms. The molecule has 4 atom stereocenters. The Kier molecular flexibility index (Phi) is 7.58. The minimum Gasteiger partial charge on any atom is -0.465 e. The highest BCUT2D eigenvalue weighted by atomic mass is 16.6. The van der Waals surface area contributed by atoms with Crippen molar-refractivity contribution in [1.82, 2.24) is 4.90 Å². The van der Waals surface area contributed by atoms with E-state index < -0.39 is 23.7 Å². The highest BCUT2D eigenvalue weighted by Crippen LogP contribution is 2.45. The normalized spacial score (nSPS) is 25.8. The molecule has 1 aliphatic carbocycles. The van der Waals surface area contributed by atoms with Crippen molar-refractivity contribution in [2.45, 2.75) is 69.6 Å². The summed E-state index contributed by atoms with van der Waals surface area (Å²) in [5.74, 6) is 5.85. The fourth-order valence-corrected chi connectivity index (χ4v) is 4.84. The van der Waals surface area contributed by atoms with E-state index in [0.717, 1.165) is 36.8 Å². The summed E-state index contributed by atoms with van der Waals surface area (Å²) in [5.41, 5.74) is 12.6. The minimum absolute atomic E-state index is 0.158. The molecule has 3 unspecified atom stereocenters. The molecule has 3 rings (SSSR count). The summed E-state index contributed by atoms with van der Waals surface area (Å²) in [4.78, 5) is 26.1. The van der Waals surface area contributed by atoms with E-state index in [2.05, 4.69) is 11.8 Å². The zero-order valence-electron chi connectivity index (χ0n) is 18.2. The fourth-order valence-electron chi connectivity index (χ4n) is 4.84. The fraction of sp³-hybridized carbons (Fsp3) is 0.583. The van der Waals surface area contributed by atoms with Gasteiger partial charge in [0.25, 0.3) is 0 Å². The molecule has 1 saturated heterocycles. The van der Waals surface area contributed by atoms with E-state index >= 15 is 0 Å². The molecule has 1 saturated carbocycles. The van der Waals surface area contributed by atoms with Crippen LogP contribution < -0.4 is 11.5 Å². The second-order valence-corrected chi connectivity index (χ2v) is 8.65. The number of benzene rings is 1. The second kappa shape index (κ2) is 10.2. The number of unbranched alkanes of at least 4 members (excludes halogenated alkanes) is 1. The molecule has 0 aromatic heterocycles. The number of likely N-dealkylation sites (tertiary alicyclic amines) is 1. The van der Waals surface area contributed by atoms with Gasteiger partial charge in [-0.25, -0.2) is 4.79 Å². The average molecular weight is 428 g/mol. The van der Waals surface area contributed by atoms with E-state index in [1.165, 1.54) is 4.90 Å². The molecule has 1 heterocycles. The monoisotopic (exact) mass is 427 g/mol. The first kappa shape index (κ1) is 23.1. The van der Waals surface area contributed by atoms with Crippen LogP contribution in [-0.4, -0.2) is 52.8 Å². The molecular formula is C24H33N3O4. The van der Waals surface area contributed by atoms with Crippen LogP contribution in [0.1, 0.15) is 56.1 Å². The Morgan fingerprint density at radius 1 is 1.35 bits per heavy atom. The van der Waals surface area contributed by atoms with Crippen molar-refractivity contribution >= 4 is 12.1 Å². The lowest BCUT2D eigenvalue weighted by Crippen LogP contribution is -2.53. The number of nitrogens with two attached hydrogens (primary N) is 2. The van der Waals surface area contributed by atoms with Gasteiger partial charge in [0.2, 0.25) is 0 Å². The van der Waals surface area contributed by atoms with Gasteiger partial charge in [0.1, 0.15) is 6.04 Å². The quantitative estimate of drug-likeness (QED) is 0.365. The van der Waals surface area contributed by atoms with E-state index in [4.69, 9.17) is 16.2 Å². The van der Waals surface area contributed by atoms with Crippen LogP contribution in [0.15, 0.2) is 24.3 Å². The smallest absolute Gasteiger partial charge is 0.407 e. The summed E-state index contributed by atoms with van der Waals surface area (Å²) in [6.07, 6.45) is 3.84. The van der Waals surface area contributed by atoms with Crippen molar-refractivity contribution in [2.24, 2.45) is 17.4 Å². The Hall–Kier alpha value is -2.56. The van der Waals surface area contributed by atoms with Gasteiger partial charge in [0.05, 0.1) is 0 Å². The van der Waals surface area contributed by atoms with Crippen LogP contribution in [0.3, 0.4) is 0 Å². The Balaban J connectivity index is 1.89. The Bertz CT molecular complexity index is 862. The van der Waals surface area contributed by atoms with Gasteiger partial charge in [-0.2, -0.15) is 0 Å². The molecule has 7 heteroatoms. The van der Waals surface area contributed by atoms with Crippen LogP contribution in [0.5, 0.6) is 0 Å². The third kappa shape index (κ3) is 5.38. The van der Waals surface area contributed by atoms with Crippen LogP contribution in [-0.2, 0) is 9.53 Å². The lowest BCUT2D eigenvalue weighted by Gasteiger charge is -2.42. The first-order valence-electron chi connectivity index (χ1n) is 11.1. The van der Waals surface area contributed by atoms with Gasteiger partial charge in [0.15, 0.2) is 5.60 Å². The number of hydrogen-bond acceptors (Lipinski definition) is 5. The maximum Gasteiger partial charge on any atom is 0.407 e. The minimum atomic E-state index is -1.03. The van der Waals surface area contributed by atoms with Gasteiger partial charge < -0.3 is 26.2 Å². The average Bonchev–Trinajstić information content (AvgIpc) is 3.18. The zero-order chi connectivity index (χ0) is 22.4. The first-order chi connectivity index (χ1) is 14.9. The van der Waals surface area contributed by atoms with Crippen LogP contribution in [0.2, 0.25) is 0 Å². The number of hydrogen-bond donors (Lipinski definition) is 3. The van der Waals surface area contributed by atoms with Crippen LogP contribution in [0, 0.1) is 24.7 Å². The molecule has 0 radical (unpaired) electrons. The summed E-state index contributed by atoms with van der Waals surface area (Å²) >= 11 is 0.